The second-order valence-electron chi connectivity index (χ2n) is 8.46. The zero-order valence-corrected chi connectivity index (χ0v) is 18.1. The molecule has 5 heteroatoms. The fourth-order valence-electron chi connectivity index (χ4n) is 5.00. The zero-order chi connectivity index (χ0) is 19.5. The first-order valence-corrected chi connectivity index (χ1v) is 11.9. The summed E-state index contributed by atoms with van der Waals surface area (Å²) in [6.07, 6.45) is 11.3. The molecule has 2 rings (SSSR count). The maximum absolute atomic E-state index is 11.8. The summed E-state index contributed by atoms with van der Waals surface area (Å²) in [5.41, 5.74) is 0. The highest BCUT2D eigenvalue weighted by Crippen LogP contribution is 2.34. The molecular weight excluding hydrogens is 383 g/mol. The molecule has 0 aromatic rings. The van der Waals surface area contributed by atoms with Crippen LogP contribution in [-0.4, -0.2) is 36.5 Å². The van der Waals surface area contributed by atoms with Crippen molar-refractivity contribution in [3.8, 4) is 0 Å². The summed E-state index contributed by atoms with van der Waals surface area (Å²) < 4.78 is 5.97. The zero-order valence-electron chi connectivity index (χ0n) is 16.6. The van der Waals surface area contributed by atoms with E-state index in [0.717, 1.165) is 90.3 Å². The van der Waals surface area contributed by atoms with Gasteiger partial charge in [-0.1, -0.05) is 0 Å². The highest BCUT2D eigenvalue weighted by Gasteiger charge is 2.28. The number of Topliss-reactive ketones (excluding diaryl/α,β-unsaturated/α-hetero) is 2. The van der Waals surface area contributed by atoms with Gasteiger partial charge in [0, 0.05) is 50.7 Å². The van der Waals surface area contributed by atoms with E-state index in [2.05, 4.69) is 0 Å². The van der Waals surface area contributed by atoms with Crippen LogP contribution in [0.3, 0.4) is 0 Å². The first kappa shape index (κ1) is 23.2. The number of hydrogen-bond donors (Lipinski definition) is 0. The van der Waals surface area contributed by atoms with Gasteiger partial charge in [-0.2, -0.15) is 0 Å². The van der Waals surface area contributed by atoms with E-state index in [1.165, 1.54) is 0 Å². The van der Waals surface area contributed by atoms with Gasteiger partial charge in [0.15, 0.2) is 0 Å². The predicted molar refractivity (Wildman–Crippen MR) is 112 cm³/mol. The highest BCUT2D eigenvalue weighted by atomic mass is 35.5. The van der Waals surface area contributed by atoms with Crippen molar-refractivity contribution in [3.05, 3.63) is 0 Å². The van der Waals surface area contributed by atoms with Crippen molar-refractivity contribution in [2.75, 3.05) is 25.0 Å². The highest BCUT2D eigenvalue weighted by molar-refractivity contribution is 6.18. The largest absolute Gasteiger partial charge is 0.381 e. The Morgan fingerprint density at radius 1 is 0.778 bits per heavy atom. The topological polar surface area (TPSA) is 43.4 Å². The lowest BCUT2D eigenvalue weighted by molar-refractivity contribution is -0.123. The summed E-state index contributed by atoms with van der Waals surface area (Å²) >= 11 is 12.0. The van der Waals surface area contributed by atoms with Gasteiger partial charge in [0.1, 0.15) is 11.6 Å². The molecule has 2 aliphatic rings. The lowest BCUT2D eigenvalue weighted by Crippen LogP contribution is -2.25. The van der Waals surface area contributed by atoms with Crippen LogP contribution in [0.2, 0.25) is 0 Å². The maximum Gasteiger partial charge on any atom is 0.133 e. The summed E-state index contributed by atoms with van der Waals surface area (Å²) in [5.74, 6) is 4.13. The van der Waals surface area contributed by atoms with E-state index in [-0.39, 0.29) is 0 Å². The van der Waals surface area contributed by atoms with Crippen molar-refractivity contribution < 1.29 is 14.3 Å². The van der Waals surface area contributed by atoms with E-state index in [9.17, 15) is 9.59 Å². The molecule has 0 N–H and O–H groups in total. The van der Waals surface area contributed by atoms with Gasteiger partial charge >= 0.3 is 0 Å². The SMILES string of the molecule is O=C1CCCC([C@@H](CCCl)CCOCC[C@H](CCCl)C2CCCC(=O)C2)C1. The normalized spacial score (nSPS) is 26.1. The molecule has 0 heterocycles. The first-order valence-electron chi connectivity index (χ1n) is 10.9. The molecule has 2 unspecified atom stereocenters. The average Bonchev–Trinajstić information content (AvgIpc) is 2.66. The number of alkyl halides is 2. The molecule has 0 aromatic heterocycles. The van der Waals surface area contributed by atoms with E-state index in [1.807, 2.05) is 0 Å². The van der Waals surface area contributed by atoms with Crippen molar-refractivity contribution in [1.82, 2.24) is 0 Å². The minimum Gasteiger partial charge on any atom is -0.381 e. The Bertz CT molecular complexity index is 415. The Kier molecular flexibility index (Phi) is 11.3. The summed E-state index contributed by atoms with van der Waals surface area (Å²) in [4.78, 5) is 23.5. The quantitative estimate of drug-likeness (QED) is 0.297. The van der Waals surface area contributed by atoms with Crippen LogP contribution in [0.4, 0.5) is 0 Å². The second-order valence-corrected chi connectivity index (χ2v) is 9.21. The molecule has 0 radical (unpaired) electrons. The van der Waals surface area contributed by atoms with Gasteiger partial charge < -0.3 is 4.74 Å². The third-order valence-electron chi connectivity index (χ3n) is 6.60. The number of ketones is 2. The van der Waals surface area contributed by atoms with Gasteiger partial charge in [-0.15, -0.1) is 23.2 Å². The van der Waals surface area contributed by atoms with Crippen molar-refractivity contribution in [2.45, 2.75) is 77.0 Å². The molecule has 2 saturated carbocycles. The standard InChI is InChI=1S/C22H36Cl2O3/c23-11-7-17(19-3-1-5-21(25)15-19)9-13-27-14-10-18(8-12-24)20-4-2-6-22(26)16-20/h17-20H,1-16H2/t17-,18-,19?,20?/m0/s1. The van der Waals surface area contributed by atoms with Gasteiger partial charge in [-0.3, -0.25) is 9.59 Å². The minimum absolute atomic E-state index is 0.415. The van der Waals surface area contributed by atoms with Crippen LogP contribution in [0.25, 0.3) is 0 Å². The molecule has 0 bridgehead atoms. The fourth-order valence-corrected chi connectivity index (χ4v) is 5.56. The van der Waals surface area contributed by atoms with Crippen LogP contribution >= 0.6 is 23.2 Å². The average molecular weight is 419 g/mol. The molecule has 0 spiro atoms. The Balaban J connectivity index is 1.69. The molecule has 0 aliphatic heterocycles. The van der Waals surface area contributed by atoms with Crippen molar-refractivity contribution in [2.24, 2.45) is 23.7 Å². The van der Waals surface area contributed by atoms with Gasteiger partial charge in [0.05, 0.1) is 0 Å². The van der Waals surface area contributed by atoms with Gasteiger partial charge in [0.25, 0.3) is 0 Å². The van der Waals surface area contributed by atoms with Crippen molar-refractivity contribution in [1.29, 1.82) is 0 Å². The number of rotatable bonds is 12. The minimum atomic E-state index is 0.415. The molecule has 27 heavy (non-hydrogen) atoms. The Morgan fingerprint density at radius 2 is 1.22 bits per heavy atom. The van der Waals surface area contributed by atoms with E-state index >= 15 is 0 Å². The van der Waals surface area contributed by atoms with Crippen LogP contribution in [0.1, 0.15) is 77.0 Å². The summed E-state index contributed by atoms with van der Waals surface area (Å²) in [6, 6.07) is 0. The lowest BCUT2D eigenvalue weighted by atomic mass is 9.77. The molecule has 0 amide bonds. The third kappa shape index (κ3) is 8.41. The number of carbonyl (C=O) groups excluding carboxylic acids is 2. The summed E-state index contributed by atoms with van der Waals surface area (Å²) in [6.45, 7) is 1.48. The predicted octanol–water partition coefficient (Wildman–Crippen LogP) is 5.79. The van der Waals surface area contributed by atoms with Crippen LogP contribution < -0.4 is 0 Å². The molecule has 0 saturated heterocycles. The summed E-state index contributed by atoms with van der Waals surface area (Å²) in [5, 5.41) is 0. The number of halogens is 2. The molecule has 156 valence electrons. The van der Waals surface area contributed by atoms with Crippen LogP contribution in [-0.2, 0) is 14.3 Å². The van der Waals surface area contributed by atoms with E-state index in [1.54, 1.807) is 0 Å². The third-order valence-corrected chi connectivity index (χ3v) is 7.04. The van der Waals surface area contributed by atoms with Gasteiger partial charge in [-0.25, -0.2) is 0 Å². The Labute approximate surface area is 174 Å². The Hall–Kier alpha value is -0.120. The van der Waals surface area contributed by atoms with Crippen LogP contribution in [0, 0.1) is 23.7 Å². The molecular formula is C22H36Cl2O3. The smallest absolute Gasteiger partial charge is 0.133 e. The Morgan fingerprint density at radius 3 is 1.59 bits per heavy atom. The molecule has 2 aliphatic carbocycles. The van der Waals surface area contributed by atoms with E-state index < -0.39 is 0 Å². The number of carbonyl (C=O) groups is 2. The number of ether oxygens (including phenoxy) is 1. The summed E-state index contributed by atoms with van der Waals surface area (Å²) in [7, 11) is 0. The fraction of sp³-hybridized carbons (Fsp3) is 0.909. The molecule has 2 fully saturated rings. The van der Waals surface area contributed by atoms with Crippen molar-refractivity contribution in [3.63, 3.8) is 0 Å². The van der Waals surface area contributed by atoms with Crippen LogP contribution in [0.15, 0.2) is 0 Å². The van der Waals surface area contributed by atoms with Crippen molar-refractivity contribution >= 4 is 34.8 Å². The van der Waals surface area contributed by atoms with E-state index in [0.29, 0.717) is 47.0 Å². The van der Waals surface area contributed by atoms with Crippen LogP contribution in [0.5, 0.6) is 0 Å². The molecule has 3 nitrogen and oxygen atoms in total. The van der Waals surface area contributed by atoms with Gasteiger partial charge in [0.2, 0.25) is 0 Å². The molecule has 0 aromatic carbocycles. The first-order chi connectivity index (χ1) is 13.1. The molecule has 4 atom stereocenters. The second kappa shape index (κ2) is 13.2. The lowest BCUT2D eigenvalue weighted by Gasteiger charge is -2.30. The van der Waals surface area contributed by atoms with Gasteiger partial charge in [-0.05, 0) is 75.0 Å². The van der Waals surface area contributed by atoms with E-state index in [4.69, 9.17) is 27.9 Å². The maximum atomic E-state index is 11.8. The monoisotopic (exact) mass is 418 g/mol. The number of hydrogen-bond acceptors (Lipinski definition) is 3.